The van der Waals surface area contributed by atoms with E-state index in [9.17, 15) is 4.79 Å². The van der Waals surface area contributed by atoms with Crippen LogP contribution in [0.5, 0.6) is 0 Å². The number of likely N-dealkylation sites (tertiary alicyclic amines) is 1. The molecule has 2 heterocycles. The fourth-order valence-electron chi connectivity index (χ4n) is 2.95. The van der Waals surface area contributed by atoms with E-state index in [0.717, 1.165) is 50.5 Å². The molecule has 1 saturated heterocycles. The molecule has 1 aromatic heterocycles. The Morgan fingerprint density at radius 2 is 2.24 bits per heavy atom. The van der Waals surface area contributed by atoms with Gasteiger partial charge in [0.1, 0.15) is 0 Å². The Morgan fingerprint density at radius 1 is 1.38 bits per heavy atom. The highest BCUT2D eigenvalue weighted by atomic mass is 32.1. The third-order valence-electron chi connectivity index (χ3n) is 4.42. The van der Waals surface area contributed by atoms with Gasteiger partial charge in [0.05, 0.1) is 5.01 Å². The maximum Gasteiger partial charge on any atom is 0.222 e. The van der Waals surface area contributed by atoms with E-state index in [1.165, 1.54) is 17.8 Å². The lowest BCUT2D eigenvalue weighted by atomic mass is 10.1. The number of rotatable bonds is 6. The van der Waals surface area contributed by atoms with E-state index < -0.39 is 0 Å². The Balaban J connectivity index is 1.40. The summed E-state index contributed by atoms with van der Waals surface area (Å²) in [5, 5.41) is 6.93. The van der Waals surface area contributed by atoms with Crippen LogP contribution in [0, 0.1) is 12.8 Å². The lowest BCUT2D eigenvalue weighted by Gasteiger charge is -2.20. The van der Waals surface area contributed by atoms with Crippen molar-refractivity contribution in [3.05, 3.63) is 16.1 Å². The molecule has 3 rings (SSSR count). The second-order valence-corrected chi connectivity index (χ2v) is 7.34. The summed E-state index contributed by atoms with van der Waals surface area (Å²) in [5.74, 6) is 1.16. The Bertz CT molecular complexity index is 484. The van der Waals surface area contributed by atoms with Crippen LogP contribution in [-0.4, -0.2) is 41.5 Å². The van der Waals surface area contributed by atoms with E-state index in [1.54, 1.807) is 11.3 Å². The first kappa shape index (κ1) is 15.0. The number of aryl methyl sites for hydroxylation is 1. The second kappa shape index (κ2) is 6.88. The summed E-state index contributed by atoms with van der Waals surface area (Å²) in [7, 11) is 0. The summed E-state index contributed by atoms with van der Waals surface area (Å²) in [6.07, 6.45) is 6.42. The fourth-order valence-corrected chi connectivity index (χ4v) is 3.72. The Kier molecular flexibility index (Phi) is 4.91. The van der Waals surface area contributed by atoms with Gasteiger partial charge in [-0.15, -0.1) is 11.3 Å². The molecule has 1 aliphatic heterocycles. The maximum absolute atomic E-state index is 12.1. The first-order valence-electron chi connectivity index (χ1n) is 8.13. The van der Waals surface area contributed by atoms with Crippen LogP contribution in [-0.2, 0) is 11.2 Å². The van der Waals surface area contributed by atoms with Crippen molar-refractivity contribution >= 4 is 17.2 Å². The molecule has 0 aromatic carbocycles. The predicted molar refractivity (Wildman–Crippen MR) is 85.5 cm³/mol. The average Bonchev–Trinajstić information content (AvgIpc) is 3.22. The number of carbonyl (C=O) groups is 1. The first-order valence-corrected chi connectivity index (χ1v) is 9.01. The zero-order chi connectivity index (χ0) is 14.7. The van der Waals surface area contributed by atoms with Gasteiger partial charge < -0.3 is 10.2 Å². The zero-order valence-corrected chi connectivity index (χ0v) is 13.6. The van der Waals surface area contributed by atoms with Crippen molar-refractivity contribution in [3.8, 4) is 0 Å². The quantitative estimate of drug-likeness (QED) is 0.877. The molecular weight excluding hydrogens is 282 g/mol. The number of nitrogens with zero attached hydrogens (tertiary/aromatic N) is 2. The molecule has 0 radical (unpaired) electrons. The number of amides is 1. The van der Waals surface area contributed by atoms with Crippen molar-refractivity contribution in [3.63, 3.8) is 0 Å². The van der Waals surface area contributed by atoms with Crippen molar-refractivity contribution in [2.45, 2.75) is 51.5 Å². The summed E-state index contributed by atoms with van der Waals surface area (Å²) < 4.78 is 0. The van der Waals surface area contributed by atoms with E-state index in [4.69, 9.17) is 0 Å². The largest absolute Gasteiger partial charge is 0.342 e. The first-order chi connectivity index (χ1) is 10.2. The Labute approximate surface area is 130 Å². The molecule has 1 saturated carbocycles. The number of thiazole rings is 1. The van der Waals surface area contributed by atoms with Crippen molar-refractivity contribution < 1.29 is 4.79 Å². The van der Waals surface area contributed by atoms with Gasteiger partial charge in [-0.1, -0.05) is 0 Å². The normalized spacial score (nSPS) is 23.4. The standard InChI is InChI=1S/C16H25N3OS/c1-12-11-21-15(18-12)6-8-17-14-4-5-16(20)19(9-7-14)10-13-2-3-13/h11,13-14,17H,2-10H2,1H3/t14-/m0/s1. The van der Waals surface area contributed by atoms with Crippen molar-refractivity contribution in [1.29, 1.82) is 0 Å². The smallest absolute Gasteiger partial charge is 0.222 e. The molecule has 1 N–H and O–H groups in total. The average molecular weight is 307 g/mol. The van der Waals surface area contributed by atoms with Crippen LogP contribution in [0.2, 0.25) is 0 Å². The molecule has 2 fully saturated rings. The molecule has 5 heteroatoms. The number of hydrogen-bond acceptors (Lipinski definition) is 4. The maximum atomic E-state index is 12.1. The minimum Gasteiger partial charge on any atom is -0.342 e. The molecule has 0 bridgehead atoms. The molecule has 4 nitrogen and oxygen atoms in total. The molecule has 0 unspecified atom stereocenters. The van der Waals surface area contributed by atoms with E-state index in [2.05, 4.69) is 20.6 Å². The lowest BCUT2D eigenvalue weighted by molar-refractivity contribution is -0.130. The molecule has 21 heavy (non-hydrogen) atoms. The van der Waals surface area contributed by atoms with Gasteiger partial charge in [0.2, 0.25) is 5.91 Å². The molecule has 1 amide bonds. The number of aromatic nitrogens is 1. The summed E-state index contributed by atoms with van der Waals surface area (Å²) in [6.45, 7) is 4.94. The van der Waals surface area contributed by atoms with Crippen molar-refractivity contribution in [2.75, 3.05) is 19.6 Å². The van der Waals surface area contributed by atoms with E-state index in [-0.39, 0.29) is 0 Å². The molecule has 2 aliphatic rings. The summed E-state index contributed by atoms with van der Waals surface area (Å²) >= 11 is 1.74. The van der Waals surface area contributed by atoms with Gasteiger partial charge in [0, 0.05) is 49.6 Å². The predicted octanol–water partition coefficient (Wildman–Crippen LogP) is 2.37. The van der Waals surface area contributed by atoms with Crippen LogP contribution < -0.4 is 5.32 Å². The van der Waals surface area contributed by atoms with Crippen LogP contribution in [0.15, 0.2) is 5.38 Å². The third-order valence-corrected chi connectivity index (χ3v) is 5.45. The molecule has 116 valence electrons. The fraction of sp³-hybridized carbons (Fsp3) is 0.750. The Hall–Kier alpha value is -0.940. The van der Waals surface area contributed by atoms with Crippen LogP contribution in [0.1, 0.15) is 42.8 Å². The monoisotopic (exact) mass is 307 g/mol. The van der Waals surface area contributed by atoms with Crippen LogP contribution >= 0.6 is 11.3 Å². The summed E-state index contributed by atoms with van der Waals surface area (Å²) in [5.41, 5.74) is 1.12. The van der Waals surface area contributed by atoms with Gasteiger partial charge in [-0.25, -0.2) is 4.98 Å². The molecule has 1 aromatic rings. The van der Waals surface area contributed by atoms with E-state index in [0.29, 0.717) is 18.4 Å². The third kappa shape index (κ3) is 4.51. The van der Waals surface area contributed by atoms with Gasteiger partial charge in [-0.3, -0.25) is 4.79 Å². The minimum absolute atomic E-state index is 0.363. The zero-order valence-electron chi connectivity index (χ0n) is 12.8. The van der Waals surface area contributed by atoms with Gasteiger partial charge in [0.15, 0.2) is 0 Å². The SMILES string of the molecule is Cc1csc(CCN[C@H]2CCC(=O)N(CC3CC3)CC2)n1. The van der Waals surface area contributed by atoms with E-state index in [1.807, 2.05) is 6.92 Å². The second-order valence-electron chi connectivity index (χ2n) is 6.39. The molecular formula is C16H25N3OS. The van der Waals surface area contributed by atoms with Crippen molar-refractivity contribution in [2.24, 2.45) is 5.92 Å². The number of hydrogen-bond donors (Lipinski definition) is 1. The van der Waals surface area contributed by atoms with Gasteiger partial charge in [-0.05, 0) is 38.5 Å². The lowest BCUT2D eigenvalue weighted by Crippen LogP contribution is -2.34. The number of nitrogens with one attached hydrogen (secondary N) is 1. The summed E-state index contributed by atoms with van der Waals surface area (Å²) in [6, 6.07) is 0.485. The van der Waals surface area contributed by atoms with Crippen LogP contribution in [0.4, 0.5) is 0 Å². The Morgan fingerprint density at radius 3 is 2.95 bits per heavy atom. The number of carbonyl (C=O) groups excluding carboxylic acids is 1. The van der Waals surface area contributed by atoms with E-state index >= 15 is 0 Å². The summed E-state index contributed by atoms with van der Waals surface area (Å²) in [4.78, 5) is 18.7. The van der Waals surface area contributed by atoms with Gasteiger partial charge >= 0.3 is 0 Å². The highest BCUT2D eigenvalue weighted by Gasteiger charge is 2.28. The van der Waals surface area contributed by atoms with Crippen LogP contribution in [0.25, 0.3) is 0 Å². The molecule has 1 aliphatic carbocycles. The highest BCUT2D eigenvalue weighted by molar-refractivity contribution is 7.09. The molecule has 0 spiro atoms. The highest BCUT2D eigenvalue weighted by Crippen LogP contribution is 2.30. The van der Waals surface area contributed by atoms with Crippen molar-refractivity contribution in [1.82, 2.24) is 15.2 Å². The van der Waals surface area contributed by atoms with Gasteiger partial charge in [0.25, 0.3) is 0 Å². The molecule has 1 atom stereocenters. The van der Waals surface area contributed by atoms with Gasteiger partial charge in [-0.2, -0.15) is 0 Å². The minimum atomic E-state index is 0.363. The van der Waals surface area contributed by atoms with Crippen LogP contribution in [0.3, 0.4) is 0 Å². The topological polar surface area (TPSA) is 45.2 Å².